The van der Waals surface area contributed by atoms with Gasteiger partial charge in [-0.05, 0) is 227 Å². The second-order valence-electron chi connectivity index (χ2n) is 30.4. The van der Waals surface area contributed by atoms with Gasteiger partial charge in [-0.3, -0.25) is 0 Å². The van der Waals surface area contributed by atoms with Crippen molar-refractivity contribution in [1.82, 2.24) is 39.0 Å². The van der Waals surface area contributed by atoms with Crippen LogP contribution >= 0.6 is 0 Å². The average Bonchev–Trinajstić information content (AvgIpc) is 1.52. The van der Waals surface area contributed by atoms with Gasteiger partial charge in [0.25, 0.3) is 0 Å². The van der Waals surface area contributed by atoms with Crippen molar-refractivity contribution in [3.63, 3.8) is 0 Å². The molecule has 20 rings (SSSR count). The number of hydrogen-bond acceptors (Lipinski definition) is 13. The van der Waals surface area contributed by atoms with Crippen LogP contribution in [0.4, 0.5) is 0 Å². The van der Waals surface area contributed by atoms with Crippen molar-refractivity contribution in [2.75, 3.05) is 35.2 Å². The summed E-state index contributed by atoms with van der Waals surface area (Å²) in [6.07, 6.45) is 33.0. The molecular formula is C89H91B5N13O5+5. The molecule has 0 amide bonds. The molecule has 0 aliphatic carbocycles. The summed E-state index contributed by atoms with van der Waals surface area (Å²) >= 11 is 0. The highest BCUT2D eigenvalue weighted by atomic mass is 16.4. The molecule has 18 nitrogen and oxygen atoms in total. The Balaban J connectivity index is 0.000000106. The minimum Gasteiger partial charge on any atom is -0.467 e. The van der Waals surface area contributed by atoms with Crippen LogP contribution in [0.1, 0.15) is 69.5 Å². The number of aryl methyl sites for hydroxylation is 10. The van der Waals surface area contributed by atoms with Crippen LogP contribution in [0.2, 0.25) is 0 Å². The van der Waals surface area contributed by atoms with E-state index >= 15 is 0 Å². The zero-order valence-electron chi connectivity index (χ0n) is 66.8. The maximum atomic E-state index is 6.33. The molecule has 0 fully saturated rings. The molecule has 18 heterocycles. The number of rotatable bonds is 5. The fraction of sp³-hybridized carbons (Fsp3) is 0.191. The predicted molar refractivity (Wildman–Crippen MR) is 455 cm³/mol. The fourth-order valence-electron chi connectivity index (χ4n) is 16.7. The van der Waals surface area contributed by atoms with Gasteiger partial charge in [0.2, 0.25) is 17.1 Å². The summed E-state index contributed by atoms with van der Waals surface area (Å²) in [5, 5.41) is 5.61. The Morgan fingerprint density at radius 3 is 1.12 bits per heavy atom. The van der Waals surface area contributed by atoms with Gasteiger partial charge in [0.05, 0.1) is 0 Å². The van der Waals surface area contributed by atoms with Gasteiger partial charge >= 0.3 is 34.2 Å². The Kier molecular flexibility index (Phi) is 19.7. The monoisotopic (exact) mass is 1480 g/mol. The minimum atomic E-state index is 0.0547. The number of hydrogen-bond donors (Lipinski definition) is 0. The van der Waals surface area contributed by atoms with E-state index in [0.29, 0.717) is 17.1 Å². The Labute approximate surface area is 656 Å². The van der Waals surface area contributed by atoms with Gasteiger partial charge in [0, 0.05) is 121 Å². The quantitative estimate of drug-likeness (QED) is 0.131. The van der Waals surface area contributed by atoms with Crippen LogP contribution in [-0.2, 0) is 35.2 Å². The van der Waals surface area contributed by atoms with Crippen LogP contribution in [0.5, 0.6) is 0 Å². The van der Waals surface area contributed by atoms with E-state index in [1.165, 1.54) is 88.8 Å². The Bertz CT molecular complexity index is 6350. The molecule has 0 spiro atoms. The van der Waals surface area contributed by atoms with Crippen molar-refractivity contribution in [3.05, 3.63) is 282 Å². The highest BCUT2D eigenvalue weighted by molar-refractivity contribution is 6.84. The van der Waals surface area contributed by atoms with E-state index in [1.54, 1.807) is 18.6 Å². The molecule has 5 aliphatic heterocycles. The maximum absolute atomic E-state index is 6.33. The first-order valence-electron chi connectivity index (χ1n) is 38.1. The number of furan rings is 5. The number of allylic oxidation sites excluding steroid dienone is 2. The molecule has 552 valence electrons. The first kappa shape index (κ1) is 73.5. The van der Waals surface area contributed by atoms with E-state index in [4.69, 9.17) is 22.1 Å². The van der Waals surface area contributed by atoms with E-state index in [1.807, 2.05) is 42.5 Å². The lowest BCUT2D eigenvalue weighted by molar-refractivity contribution is -0.654. The van der Waals surface area contributed by atoms with E-state index < -0.39 is 0 Å². The van der Waals surface area contributed by atoms with Crippen LogP contribution < -0.4 is 79.1 Å². The van der Waals surface area contributed by atoms with Gasteiger partial charge < -0.3 is 46.1 Å². The van der Waals surface area contributed by atoms with E-state index in [9.17, 15) is 0 Å². The van der Waals surface area contributed by atoms with Crippen LogP contribution in [0.3, 0.4) is 0 Å². The topological polar surface area (TPSA) is 140 Å². The molecule has 0 saturated heterocycles. The standard InChI is InChI=1S/C20H22BN2O.C19H20BN2O.2C17H17BN3O.C16H15BN3O/c1-13-10-18(22(4)11-14(13)2)21-20-19(15(3)12-23(21)5)16-8-6-7-9-17(16)24-20;1-13-9-10-21(3)17(11-13)20-19-18(14(2)12-22(20)4)15-7-5-6-8-16(15)23-19;1-12-6-9-20(2)15(11-12)18-16-13(7-10-21(18)3)14-5-4-8-19-17(14)22-16;1-12-6-7-15(20(2)11-12)18-16-13(8-10-21(18)3)14-5-4-9-19-17(14)22-16;1-19-10-4-3-7-14(19)17-15-12(8-11-20(17)2)13-6-5-9-18-16(13)21-15/h6-12H,1-5H3;5-12H,1-4H3;2*4-11H,1-3H3;3-11H,1-2H3/q5*+1. The number of para-hydroxylation sites is 2. The minimum absolute atomic E-state index is 0.0547. The number of fused-ring (bicyclic) bond motifs is 15. The summed E-state index contributed by atoms with van der Waals surface area (Å²) in [6, 6.07) is 50.2. The van der Waals surface area contributed by atoms with Gasteiger partial charge in [0.15, 0.2) is 59.0 Å². The van der Waals surface area contributed by atoms with Crippen LogP contribution in [0, 0.1) is 34.6 Å². The van der Waals surface area contributed by atoms with Gasteiger partial charge in [-0.1, -0.05) is 42.5 Å². The molecule has 0 N–H and O–H groups in total. The lowest BCUT2D eigenvalue weighted by atomic mass is 9.51. The highest BCUT2D eigenvalue weighted by Crippen LogP contribution is 2.32. The molecule has 5 aliphatic rings. The number of pyridine rings is 8. The summed E-state index contributed by atoms with van der Waals surface area (Å²) in [5.41, 5.74) is 29.7. The fourth-order valence-corrected chi connectivity index (χ4v) is 16.7. The number of aromatic nitrogens is 8. The van der Waals surface area contributed by atoms with Crippen molar-refractivity contribution in [3.8, 4) is 0 Å². The molecule has 23 heteroatoms. The zero-order valence-corrected chi connectivity index (χ0v) is 66.8. The van der Waals surface area contributed by atoms with Crippen LogP contribution in [-0.4, -0.2) is 108 Å². The lowest BCUT2D eigenvalue weighted by Gasteiger charge is -2.26. The lowest BCUT2D eigenvalue weighted by Crippen LogP contribution is -2.65. The van der Waals surface area contributed by atoms with E-state index in [0.717, 1.165) is 72.3 Å². The van der Waals surface area contributed by atoms with Gasteiger partial charge in [0.1, 0.15) is 74.7 Å². The molecule has 2 aromatic carbocycles. The maximum Gasteiger partial charge on any atom is 0.443 e. The smallest absolute Gasteiger partial charge is 0.443 e. The van der Waals surface area contributed by atoms with Crippen molar-refractivity contribution >= 4 is 175 Å². The second-order valence-corrected chi connectivity index (χ2v) is 30.4. The average molecular weight is 1480 g/mol. The Morgan fingerprint density at radius 1 is 0.312 bits per heavy atom. The first-order chi connectivity index (χ1) is 54.1. The van der Waals surface area contributed by atoms with E-state index in [-0.39, 0.29) is 34.2 Å². The van der Waals surface area contributed by atoms with Crippen molar-refractivity contribution in [2.24, 2.45) is 35.2 Å². The third-order valence-corrected chi connectivity index (χ3v) is 22.4. The summed E-state index contributed by atoms with van der Waals surface area (Å²) in [7, 11) is 20.9. The summed E-state index contributed by atoms with van der Waals surface area (Å²) in [4.78, 5) is 24.1. The molecule has 0 atom stereocenters. The number of benzene rings is 2. The predicted octanol–water partition coefficient (Wildman–Crippen LogP) is 6.90. The van der Waals surface area contributed by atoms with Crippen molar-refractivity contribution < 1.29 is 44.9 Å². The molecular weight excluding hydrogens is 1390 g/mol. The largest absolute Gasteiger partial charge is 0.467 e. The molecule has 0 saturated carbocycles. The second kappa shape index (κ2) is 30.0. The Hall–Kier alpha value is -12.6. The summed E-state index contributed by atoms with van der Waals surface area (Å²) in [5.74, 6) is 0. The van der Waals surface area contributed by atoms with E-state index in [2.05, 4.69) is 364 Å². The summed E-state index contributed by atoms with van der Waals surface area (Å²) < 4.78 is 41.7. The van der Waals surface area contributed by atoms with Crippen molar-refractivity contribution in [2.45, 2.75) is 48.5 Å². The van der Waals surface area contributed by atoms with Crippen LogP contribution in [0.15, 0.2) is 248 Å². The normalized spacial score (nSPS) is 13.9. The Morgan fingerprint density at radius 2 is 0.688 bits per heavy atom. The summed E-state index contributed by atoms with van der Waals surface area (Å²) in [6.45, 7) is 15.3. The van der Waals surface area contributed by atoms with Crippen LogP contribution in [0.25, 0.3) is 84.6 Å². The zero-order chi connectivity index (χ0) is 78.1. The third kappa shape index (κ3) is 13.4. The van der Waals surface area contributed by atoms with Crippen molar-refractivity contribution in [1.29, 1.82) is 0 Å². The number of nitrogens with zero attached hydrogens (tertiary/aromatic N) is 13. The SMILES string of the molecule is CC1=CN(C)B(c2cc(C)c(C)c[n+]2C)c2oc3ccccc3c21.CC1=CN(C)B(c2cc(C)cc[n+]2C)c2oc3ccccc3c21.CN1C=Cc2c(oc3ncccc23)B1c1cccc[n+]1C.Cc1cc[n+](C)c(B2c3oc4ncccc4c3C=CN2C)c1.Cc1ccc(B2c3oc4ncccc4c3C=CN2C)[n+](C)c1. The van der Waals surface area contributed by atoms with Gasteiger partial charge in [-0.2, -0.15) is 0 Å². The first-order valence-corrected chi connectivity index (χ1v) is 38.1. The molecule has 15 aromatic rings. The van der Waals surface area contributed by atoms with Gasteiger partial charge in [-0.25, -0.2) is 37.8 Å². The highest BCUT2D eigenvalue weighted by Gasteiger charge is 2.46. The third-order valence-electron chi connectivity index (χ3n) is 22.4. The molecule has 13 aromatic heterocycles. The van der Waals surface area contributed by atoms with Gasteiger partial charge in [-0.15, -0.1) is 0 Å². The molecule has 0 radical (unpaired) electrons. The molecule has 112 heavy (non-hydrogen) atoms. The molecule has 0 bridgehead atoms. The molecule has 0 unspecified atom stereocenters.